The number of rotatable bonds is 2. The van der Waals surface area contributed by atoms with Crippen molar-refractivity contribution in [3.05, 3.63) is 12.2 Å². The maximum atomic E-state index is 10.1. The molecule has 3 heteroatoms. The molecular formula is C5H7IO2. The molecular weight excluding hydrogens is 219 g/mol. The number of hydrogen-bond acceptors (Lipinski definition) is 2. The van der Waals surface area contributed by atoms with E-state index < -0.39 is 6.10 Å². The number of halogens is 1. The molecule has 0 aromatic carbocycles. The first-order chi connectivity index (χ1) is 3.63. The van der Waals surface area contributed by atoms with Crippen LogP contribution in [0.1, 0.15) is 6.92 Å². The van der Waals surface area contributed by atoms with Gasteiger partial charge in [-0.2, -0.15) is 0 Å². The molecule has 0 fully saturated rings. The molecule has 0 saturated heterocycles. The molecule has 0 radical (unpaired) electrons. The molecule has 8 heavy (non-hydrogen) atoms. The molecule has 1 atom stereocenters. The van der Waals surface area contributed by atoms with E-state index in [4.69, 9.17) is 5.11 Å². The van der Waals surface area contributed by atoms with Crippen LogP contribution in [0.15, 0.2) is 12.2 Å². The Balaban J connectivity index is 3.50. The van der Waals surface area contributed by atoms with Crippen LogP contribution in [0.5, 0.6) is 0 Å². The van der Waals surface area contributed by atoms with E-state index in [1.807, 2.05) is 0 Å². The van der Waals surface area contributed by atoms with E-state index in [0.717, 1.165) is 0 Å². The van der Waals surface area contributed by atoms with Crippen molar-refractivity contribution < 1.29 is 9.90 Å². The monoisotopic (exact) mass is 226 g/mol. The summed E-state index contributed by atoms with van der Waals surface area (Å²) in [4.78, 5) is 10.1. The van der Waals surface area contributed by atoms with Crippen LogP contribution in [-0.2, 0) is 4.79 Å². The molecule has 0 aliphatic rings. The molecule has 0 amide bonds. The minimum Gasteiger partial charge on any atom is -0.389 e. The highest BCUT2D eigenvalue weighted by Gasteiger charge is 1.86. The van der Waals surface area contributed by atoms with Crippen molar-refractivity contribution in [3.8, 4) is 0 Å². The largest absolute Gasteiger partial charge is 0.389 e. The van der Waals surface area contributed by atoms with Gasteiger partial charge in [0.05, 0.1) is 6.10 Å². The molecule has 46 valence electrons. The lowest BCUT2D eigenvalue weighted by Crippen LogP contribution is -1.92. The van der Waals surface area contributed by atoms with Gasteiger partial charge in [0.1, 0.15) is 0 Å². The van der Waals surface area contributed by atoms with Crippen LogP contribution in [0.4, 0.5) is 0 Å². The van der Waals surface area contributed by atoms with Crippen LogP contribution in [0, 0.1) is 0 Å². The Morgan fingerprint density at radius 1 is 1.88 bits per heavy atom. The summed E-state index contributed by atoms with van der Waals surface area (Å²) in [6, 6.07) is 0. The average molecular weight is 226 g/mol. The predicted octanol–water partition coefficient (Wildman–Crippen LogP) is 0.885. The van der Waals surface area contributed by atoms with Crippen LogP contribution in [0.3, 0.4) is 0 Å². The van der Waals surface area contributed by atoms with Gasteiger partial charge < -0.3 is 5.11 Å². The number of hydrogen-bond donors (Lipinski definition) is 1. The Morgan fingerprint density at radius 3 is 2.50 bits per heavy atom. The van der Waals surface area contributed by atoms with Crippen molar-refractivity contribution in [1.29, 1.82) is 0 Å². The molecule has 0 aromatic rings. The van der Waals surface area contributed by atoms with E-state index >= 15 is 0 Å². The van der Waals surface area contributed by atoms with Crippen LogP contribution in [-0.4, -0.2) is 15.0 Å². The number of carbonyl (C=O) groups is 1. The van der Waals surface area contributed by atoms with E-state index in [-0.39, 0.29) is 3.79 Å². The number of aliphatic hydroxyl groups is 1. The highest BCUT2D eigenvalue weighted by molar-refractivity contribution is 14.1. The van der Waals surface area contributed by atoms with Gasteiger partial charge in [-0.25, -0.2) is 0 Å². The standard InChI is InChI=1S/C5H7IO2/c1-4(7)2-3-5(6)8/h2-4,7H,1H3/b3-2-/t4-/m0/s1. The van der Waals surface area contributed by atoms with Crippen LogP contribution in [0.2, 0.25) is 0 Å². The first-order valence-electron chi connectivity index (χ1n) is 2.18. The first-order valence-corrected chi connectivity index (χ1v) is 3.26. The first kappa shape index (κ1) is 8.10. The highest BCUT2D eigenvalue weighted by Crippen LogP contribution is 1.89. The molecule has 0 heterocycles. The summed E-state index contributed by atoms with van der Waals surface area (Å²) in [6.07, 6.45) is 2.26. The number of carbonyl (C=O) groups excluding carboxylic acids is 1. The Kier molecular flexibility index (Phi) is 4.08. The third kappa shape index (κ3) is 6.10. The second kappa shape index (κ2) is 4.03. The summed E-state index contributed by atoms with van der Waals surface area (Å²) < 4.78 is -0.0662. The fraction of sp³-hybridized carbons (Fsp3) is 0.400. The summed E-state index contributed by atoms with van der Waals surface area (Å²) >= 11 is 1.64. The van der Waals surface area contributed by atoms with Gasteiger partial charge in [-0.3, -0.25) is 4.79 Å². The quantitative estimate of drug-likeness (QED) is 0.431. The molecule has 0 aliphatic carbocycles. The van der Waals surface area contributed by atoms with Gasteiger partial charge in [-0.1, -0.05) is 6.08 Å². The number of allylic oxidation sites excluding steroid dienone is 1. The lowest BCUT2D eigenvalue weighted by Gasteiger charge is -1.88. The van der Waals surface area contributed by atoms with Crippen molar-refractivity contribution in [2.24, 2.45) is 0 Å². The lowest BCUT2D eigenvalue weighted by molar-refractivity contribution is -0.105. The molecule has 1 N–H and O–H groups in total. The molecule has 0 aromatic heterocycles. The molecule has 0 unspecified atom stereocenters. The van der Waals surface area contributed by atoms with Crippen molar-refractivity contribution in [3.63, 3.8) is 0 Å². The third-order valence-corrected chi connectivity index (χ3v) is 0.865. The third-order valence-electron chi connectivity index (χ3n) is 0.506. The van der Waals surface area contributed by atoms with Crippen molar-refractivity contribution >= 4 is 26.4 Å². The fourth-order valence-electron chi connectivity index (χ4n) is 0.215. The minimum atomic E-state index is -0.520. The van der Waals surface area contributed by atoms with Crippen LogP contribution in [0.25, 0.3) is 0 Å². The zero-order valence-corrected chi connectivity index (χ0v) is 6.62. The van der Waals surface area contributed by atoms with Crippen molar-refractivity contribution in [1.82, 2.24) is 0 Å². The van der Waals surface area contributed by atoms with Crippen molar-refractivity contribution in [2.45, 2.75) is 13.0 Å². The van der Waals surface area contributed by atoms with Crippen LogP contribution < -0.4 is 0 Å². The smallest absolute Gasteiger partial charge is 0.215 e. The Labute approximate surface area is 61.7 Å². The number of aliphatic hydroxyl groups excluding tert-OH is 1. The molecule has 0 bridgehead atoms. The summed E-state index contributed by atoms with van der Waals surface area (Å²) in [5.74, 6) is 0. The Morgan fingerprint density at radius 2 is 2.38 bits per heavy atom. The predicted molar refractivity (Wildman–Crippen MR) is 39.8 cm³/mol. The zero-order valence-electron chi connectivity index (χ0n) is 4.47. The van der Waals surface area contributed by atoms with Crippen molar-refractivity contribution in [2.75, 3.05) is 0 Å². The fourth-order valence-corrected chi connectivity index (χ4v) is 0.423. The van der Waals surface area contributed by atoms with Gasteiger partial charge >= 0.3 is 0 Å². The van der Waals surface area contributed by atoms with Gasteiger partial charge in [0, 0.05) is 22.6 Å². The summed E-state index contributed by atoms with van der Waals surface area (Å²) in [6.45, 7) is 1.59. The van der Waals surface area contributed by atoms with Crippen LogP contribution >= 0.6 is 22.6 Å². The molecule has 0 saturated carbocycles. The topological polar surface area (TPSA) is 37.3 Å². The molecule has 0 spiro atoms. The van der Waals surface area contributed by atoms with E-state index in [1.165, 1.54) is 12.2 Å². The Bertz CT molecular complexity index is 107. The van der Waals surface area contributed by atoms with Gasteiger partial charge in [-0.15, -0.1) is 0 Å². The maximum absolute atomic E-state index is 10.1. The van der Waals surface area contributed by atoms with E-state index in [0.29, 0.717) is 0 Å². The molecule has 0 rings (SSSR count). The normalized spacial score (nSPS) is 14.4. The lowest BCUT2D eigenvalue weighted by atomic mass is 10.4. The van der Waals surface area contributed by atoms with Gasteiger partial charge in [0.15, 0.2) is 0 Å². The van der Waals surface area contributed by atoms with E-state index in [2.05, 4.69) is 0 Å². The van der Waals surface area contributed by atoms with E-state index in [9.17, 15) is 4.79 Å². The van der Waals surface area contributed by atoms with Gasteiger partial charge in [-0.05, 0) is 13.0 Å². The molecule has 0 aliphatic heterocycles. The van der Waals surface area contributed by atoms with Gasteiger partial charge in [0.25, 0.3) is 0 Å². The second-order valence-corrected chi connectivity index (χ2v) is 2.47. The van der Waals surface area contributed by atoms with E-state index in [1.54, 1.807) is 29.5 Å². The zero-order chi connectivity index (χ0) is 6.57. The minimum absolute atomic E-state index is 0.0662. The Hall–Kier alpha value is 0.1000. The SMILES string of the molecule is C[C@H](O)/C=C\C(=O)I. The summed E-state index contributed by atoms with van der Waals surface area (Å²) in [5.41, 5.74) is 0. The summed E-state index contributed by atoms with van der Waals surface area (Å²) in [7, 11) is 0. The summed E-state index contributed by atoms with van der Waals surface area (Å²) in [5, 5.41) is 8.56. The highest BCUT2D eigenvalue weighted by atomic mass is 127. The van der Waals surface area contributed by atoms with Gasteiger partial charge in [0.2, 0.25) is 3.79 Å². The maximum Gasteiger partial charge on any atom is 0.215 e. The average Bonchev–Trinajstić information content (AvgIpc) is 1.61. The second-order valence-electron chi connectivity index (χ2n) is 1.40. The molecule has 2 nitrogen and oxygen atoms in total.